The lowest BCUT2D eigenvalue weighted by atomic mass is 10.1. The molecule has 1 aliphatic heterocycles. The Morgan fingerprint density at radius 2 is 1.96 bits per heavy atom. The summed E-state index contributed by atoms with van der Waals surface area (Å²) in [6.45, 7) is 0.817. The molecule has 1 N–H and O–H groups in total. The monoisotopic (exact) mass is 379 g/mol. The molecule has 0 aromatic heterocycles. The van der Waals surface area contributed by atoms with Gasteiger partial charge < -0.3 is 19.5 Å². The molecule has 0 saturated heterocycles. The molecule has 1 heterocycles. The zero-order valence-electron chi connectivity index (χ0n) is 14.3. The van der Waals surface area contributed by atoms with Crippen LogP contribution < -0.4 is 19.5 Å². The van der Waals surface area contributed by atoms with E-state index < -0.39 is 17.6 Å². The van der Waals surface area contributed by atoms with Crippen LogP contribution in [0, 0.1) is 0 Å². The van der Waals surface area contributed by atoms with E-state index in [0.717, 1.165) is 12.1 Å². The highest BCUT2D eigenvalue weighted by molar-refractivity contribution is 6.02. The molecular weight excluding hydrogens is 363 g/mol. The van der Waals surface area contributed by atoms with Gasteiger partial charge in [0.1, 0.15) is 13.2 Å². The maximum absolute atomic E-state index is 12.7. The predicted molar refractivity (Wildman–Crippen MR) is 93.1 cm³/mol. The molecule has 0 spiro atoms. The zero-order valence-corrected chi connectivity index (χ0v) is 14.3. The van der Waals surface area contributed by atoms with Crippen molar-refractivity contribution in [1.29, 1.82) is 0 Å². The fraction of sp³-hybridized carbons (Fsp3) is 0.211. The average Bonchev–Trinajstić information content (AvgIpc) is 2.65. The van der Waals surface area contributed by atoms with Crippen LogP contribution in [0.3, 0.4) is 0 Å². The Balaban J connectivity index is 1.74. The smallest absolute Gasteiger partial charge is 0.416 e. The van der Waals surface area contributed by atoms with E-state index in [1.165, 1.54) is 31.4 Å². The van der Waals surface area contributed by atoms with E-state index in [4.69, 9.17) is 14.2 Å². The van der Waals surface area contributed by atoms with E-state index >= 15 is 0 Å². The number of methoxy groups -OCH3 is 1. The Kier molecular flexibility index (Phi) is 5.25. The Bertz CT molecular complexity index is 860. The highest BCUT2D eigenvalue weighted by Gasteiger charge is 2.30. The summed E-state index contributed by atoms with van der Waals surface area (Å²) in [6.07, 6.45) is -1.76. The number of hydrogen-bond acceptors (Lipinski definition) is 4. The summed E-state index contributed by atoms with van der Waals surface area (Å²) in [5.41, 5.74) is -0.157. The summed E-state index contributed by atoms with van der Waals surface area (Å²) < 4.78 is 54.4. The van der Waals surface area contributed by atoms with Crippen molar-refractivity contribution in [3.05, 3.63) is 53.6 Å². The number of carbonyl (C=O) groups excluding carboxylic acids is 1. The minimum Gasteiger partial charge on any atom is -0.493 e. The lowest BCUT2D eigenvalue weighted by Crippen LogP contribution is -2.16. The first kappa shape index (κ1) is 18.6. The molecule has 0 unspecified atom stereocenters. The van der Waals surface area contributed by atoms with E-state index in [-0.39, 0.29) is 5.69 Å². The molecule has 0 radical (unpaired) electrons. The van der Waals surface area contributed by atoms with E-state index in [0.29, 0.717) is 36.0 Å². The predicted octanol–water partition coefficient (Wildman–Crippen LogP) is 4.14. The molecular formula is C19H16F3NO4. The van der Waals surface area contributed by atoms with Crippen LogP contribution in [0.5, 0.6) is 17.2 Å². The standard InChI is InChI=1S/C19H16F3NO4/c1-25-15-9-12(10-16-18(15)27-8-7-26-16)5-6-17(24)23-14-4-2-3-13(11-14)19(20,21)22/h2-6,9-11H,7-8H2,1H3,(H,23,24)/b6-5+. The molecule has 0 atom stereocenters. The van der Waals surface area contributed by atoms with Gasteiger partial charge in [0.25, 0.3) is 0 Å². The minimum absolute atomic E-state index is 0.0548. The quantitative estimate of drug-likeness (QED) is 0.812. The molecule has 0 fully saturated rings. The van der Waals surface area contributed by atoms with E-state index in [1.54, 1.807) is 12.1 Å². The highest BCUT2D eigenvalue weighted by atomic mass is 19.4. The van der Waals surface area contributed by atoms with E-state index in [1.807, 2.05) is 0 Å². The van der Waals surface area contributed by atoms with Gasteiger partial charge >= 0.3 is 6.18 Å². The number of benzene rings is 2. The lowest BCUT2D eigenvalue weighted by Gasteiger charge is -2.20. The van der Waals surface area contributed by atoms with Gasteiger partial charge in [-0.1, -0.05) is 6.07 Å². The van der Waals surface area contributed by atoms with Gasteiger partial charge in [0.15, 0.2) is 11.5 Å². The van der Waals surface area contributed by atoms with Gasteiger partial charge in [0, 0.05) is 11.8 Å². The number of halogens is 3. The summed E-state index contributed by atoms with van der Waals surface area (Å²) >= 11 is 0. The zero-order chi connectivity index (χ0) is 19.4. The van der Waals surface area contributed by atoms with Gasteiger partial charge in [-0.05, 0) is 42.0 Å². The van der Waals surface area contributed by atoms with Crippen LogP contribution in [0.15, 0.2) is 42.5 Å². The molecule has 27 heavy (non-hydrogen) atoms. The van der Waals surface area contributed by atoms with Crippen LogP contribution in [0.2, 0.25) is 0 Å². The van der Waals surface area contributed by atoms with Gasteiger partial charge in [-0.3, -0.25) is 4.79 Å². The first-order chi connectivity index (χ1) is 12.9. The number of amides is 1. The van der Waals surface area contributed by atoms with Gasteiger partial charge in [-0.2, -0.15) is 13.2 Å². The third kappa shape index (κ3) is 4.52. The lowest BCUT2D eigenvalue weighted by molar-refractivity contribution is -0.137. The molecule has 2 aromatic rings. The largest absolute Gasteiger partial charge is 0.493 e. The second kappa shape index (κ2) is 7.61. The number of hydrogen-bond donors (Lipinski definition) is 1. The van der Waals surface area contributed by atoms with Gasteiger partial charge in [0.2, 0.25) is 11.7 Å². The van der Waals surface area contributed by atoms with Gasteiger partial charge in [-0.25, -0.2) is 0 Å². The molecule has 1 aliphatic rings. The van der Waals surface area contributed by atoms with E-state index in [2.05, 4.69) is 5.32 Å². The van der Waals surface area contributed by atoms with Crippen LogP contribution >= 0.6 is 0 Å². The Labute approximate surface area is 153 Å². The first-order valence-corrected chi connectivity index (χ1v) is 8.01. The molecule has 5 nitrogen and oxygen atoms in total. The van der Waals surface area contributed by atoms with Crippen molar-refractivity contribution in [2.75, 3.05) is 25.6 Å². The van der Waals surface area contributed by atoms with Crippen molar-refractivity contribution >= 4 is 17.7 Å². The maximum Gasteiger partial charge on any atom is 0.416 e. The van der Waals surface area contributed by atoms with Crippen molar-refractivity contribution in [3.63, 3.8) is 0 Å². The second-order valence-electron chi connectivity index (χ2n) is 5.65. The molecule has 2 aromatic carbocycles. The summed E-state index contributed by atoms with van der Waals surface area (Å²) in [5, 5.41) is 2.40. The van der Waals surface area contributed by atoms with Crippen LogP contribution in [0.1, 0.15) is 11.1 Å². The molecule has 8 heteroatoms. The van der Waals surface area contributed by atoms with Crippen molar-refractivity contribution < 1.29 is 32.2 Å². The Hall–Kier alpha value is -3.16. The van der Waals surface area contributed by atoms with E-state index in [9.17, 15) is 18.0 Å². The van der Waals surface area contributed by atoms with Gasteiger partial charge in [0.05, 0.1) is 12.7 Å². The maximum atomic E-state index is 12.7. The van der Waals surface area contributed by atoms with Crippen molar-refractivity contribution in [1.82, 2.24) is 0 Å². The fourth-order valence-electron chi connectivity index (χ4n) is 2.52. The van der Waals surface area contributed by atoms with Gasteiger partial charge in [-0.15, -0.1) is 0 Å². The number of nitrogens with one attached hydrogen (secondary N) is 1. The number of fused-ring (bicyclic) bond motifs is 1. The third-order valence-electron chi connectivity index (χ3n) is 3.73. The van der Waals surface area contributed by atoms with Crippen molar-refractivity contribution in [3.8, 4) is 17.2 Å². The fourth-order valence-corrected chi connectivity index (χ4v) is 2.52. The molecule has 0 bridgehead atoms. The second-order valence-corrected chi connectivity index (χ2v) is 5.65. The van der Waals surface area contributed by atoms with Crippen LogP contribution in [0.4, 0.5) is 18.9 Å². The van der Waals surface area contributed by atoms with Crippen molar-refractivity contribution in [2.45, 2.75) is 6.18 Å². The molecule has 3 rings (SSSR count). The van der Waals surface area contributed by atoms with Crippen LogP contribution in [-0.2, 0) is 11.0 Å². The van der Waals surface area contributed by atoms with Crippen molar-refractivity contribution in [2.24, 2.45) is 0 Å². The summed E-state index contributed by atoms with van der Waals surface area (Å²) in [6, 6.07) is 7.78. The normalized spacial score (nSPS) is 13.5. The summed E-state index contributed by atoms with van der Waals surface area (Å²) in [5.74, 6) is 0.890. The SMILES string of the molecule is COc1cc(/C=C/C(=O)Nc2cccc(C(F)(F)F)c2)cc2c1OCCO2. The van der Waals surface area contributed by atoms with Crippen LogP contribution in [-0.4, -0.2) is 26.2 Å². The Morgan fingerprint density at radius 1 is 1.19 bits per heavy atom. The topological polar surface area (TPSA) is 56.8 Å². The minimum atomic E-state index is -4.47. The molecule has 0 saturated carbocycles. The molecule has 142 valence electrons. The number of carbonyl (C=O) groups is 1. The van der Waals surface area contributed by atoms with Crippen LogP contribution in [0.25, 0.3) is 6.08 Å². The highest BCUT2D eigenvalue weighted by Crippen LogP contribution is 2.40. The average molecular weight is 379 g/mol. The summed E-state index contributed by atoms with van der Waals surface area (Å²) in [7, 11) is 1.49. The number of alkyl halides is 3. The Morgan fingerprint density at radius 3 is 2.70 bits per heavy atom. The summed E-state index contributed by atoms with van der Waals surface area (Å²) in [4.78, 5) is 12.0. The first-order valence-electron chi connectivity index (χ1n) is 8.01. The number of rotatable bonds is 4. The third-order valence-corrected chi connectivity index (χ3v) is 3.73. The molecule has 0 aliphatic carbocycles. The number of anilines is 1. The molecule has 1 amide bonds. The number of ether oxygens (including phenoxy) is 3.